The number of hydrazone groups is 1. The molecule has 0 atom stereocenters. The molecule has 1 aliphatic heterocycles. The van der Waals surface area contributed by atoms with Gasteiger partial charge >= 0.3 is 0 Å². The van der Waals surface area contributed by atoms with Crippen LogP contribution in [0.25, 0.3) is 22.5 Å². The average molecular weight is 472 g/mol. The molecular formula is C28H37N7. The van der Waals surface area contributed by atoms with Crippen molar-refractivity contribution in [2.75, 3.05) is 18.0 Å². The molecule has 0 fully saturated rings. The van der Waals surface area contributed by atoms with Crippen LogP contribution in [0.2, 0.25) is 0 Å². The summed E-state index contributed by atoms with van der Waals surface area (Å²) in [4.78, 5) is 12.9. The quantitative estimate of drug-likeness (QED) is 0.135. The maximum atomic E-state index is 5.40. The highest BCUT2D eigenvalue weighted by Crippen LogP contribution is 2.35. The maximum Gasteiger partial charge on any atom is 0.151 e. The van der Waals surface area contributed by atoms with Crippen molar-refractivity contribution < 1.29 is 0 Å². The molecule has 1 aliphatic rings. The Morgan fingerprint density at radius 3 is 2.09 bits per heavy atom. The minimum atomic E-state index is 0.651. The van der Waals surface area contributed by atoms with Gasteiger partial charge < -0.3 is 16.2 Å². The number of unbranched alkanes of at least 4 members (excludes halogenated alkanes) is 3. The number of nitrogens with zero attached hydrogens (tertiary/aromatic N) is 4. The zero-order valence-corrected chi connectivity index (χ0v) is 20.9. The van der Waals surface area contributed by atoms with Crippen LogP contribution < -0.4 is 22.0 Å². The zero-order chi connectivity index (χ0) is 24.6. The Kier molecular flexibility index (Phi) is 8.32. The van der Waals surface area contributed by atoms with E-state index in [1.54, 1.807) is 0 Å². The van der Waals surface area contributed by atoms with Crippen LogP contribution >= 0.6 is 0 Å². The first-order valence-electron chi connectivity index (χ1n) is 12.6. The standard InChI is InChI=1S/C28H37N7/c1-20-10-14-22(15-11-20)26-27(23-16-12-21(2)13-17-23)32-28-24(31-26)8-7-19-35(28)18-6-4-3-5-9-25(33-29)34-30/h10-17H,3-9,18-19,29-30H2,1-2H3,(H,33,34). The second kappa shape index (κ2) is 11.8. The zero-order valence-electron chi connectivity index (χ0n) is 20.9. The molecule has 0 saturated carbocycles. The average Bonchev–Trinajstić information content (AvgIpc) is 2.88. The molecule has 0 spiro atoms. The van der Waals surface area contributed by atoms with Gasteiger partial charge in [-0.05, 0) is 39.5 Å². The Balaban J connectivity index is 1.55. The van der Waals surface area contributed by atoms with Crippen molar-refractivity contribution in [1.29, 1.82) is 0 Å². The minimum Gasteiger partial charge on any atom is -0.355 e. The van der Waals surface area contributed by atoms with Gasteiger partial charge in [0.1, 0.15) is 5.84 Å². The molecule has 184 valence electrons. The number of fused-ring (bicyclic) bond motifs is 1. The number of hydrazine groups is 1. The number of benzene rings is 2. The van der Waals surface area contributed by atoms with E-state index in [0.29, 0.717) is 5.84 Å². The predicted molar refractivity (Wildman–Crippen MR) is 145 cm³/mol. The summed E-state index contributed by atoms with van der Waals surface area (Å²) in [6.07, 6.45) is 7.27. The van der Waals surface area contributed by atoms with Crippen LogP contribution in [0.5, 0.6) is 0 Å². The second-order valence-corrected chi connectivity index (χ2v) is 9.40. The van der Waals surface area contributed by atoms with Crippen molar-refractivity contribution >= 4 is 11.7 Å². The third kappa shape index (κ3) is 6.17. The molecule has 3 aromatic rings. The Morgan fingerprint density at radius 2 is 1.49 bits per heavy atom. The molecule has 0 aliphatic carbocycles. The number of amidine groups is 1. The third-order valence-electron chi connectivity index (χ3n) is 6.65. The van der Waals surface area contributed by atoms with Crippen LogP contribution in [0, 0.1) is 13.8 Å². The first kappa shape index (κ1) is 24.7. The molecule has 5 N–H and O–H groups in total. The Labute approximate surface area is 208 Å². The number of rotatable bonds is 9. The summed E-state index contributed by atoms with van der Waals surface area (Å²) >= 11 is 0. The van der Waals surface area contributed by atoms with Crippen LogP contribution in [0.1, 0.15) is 55.3 Å². The largest absolute Gasteiger partial charge is 0.355 e. The van der Waals surface area contributed by atoms with Gasteiger partial charge in [-0.15, -0.1) is 0 Å². The Morgan fingerprint density at radius 1 is 0.886 bits per heavy atom. The van der Waals surface area contributed by atoms with Crippen molar-refractivity contribution in [2.45, 2.75) is 58.8 Å². The highest BCUT2D eigenvalue weighted by atomic mass is 15.3. The maximum absolute atomic E-state index is 5.40. The summed E-state index contributed by atoms with van der Waals surface area (Å²) in [6.45, 7) is 6.24. The van der Waals surface area contributed by atoms with Crippen LogP contribution in [-0.4, -0.2) is 28.9 Å². The van der Waals surface area contributed by atoms with E-state index in [-0.39, 0.29) is 0 Å². The van der Waals surface area contributed by atoms with Gasteiger partial charge in [0.25, 0.3) is 0 Å². The third-order valence-corrected chi connectivity index (χ3v) is 6.65. The van der Waals surface area contributed by atoms with E-state index in [4.69, 9.17) is 21.7 Å². The van der Waals surface area contributed by atoms with E-state index < -0.39 is 0 Å². The van der Waals surface area contributed by atoms with E-state index in [0.717, 1.165) is 92.1 Å². The molecule has 35 heavy (non-hydrogen) atoms. The fraction of sp³-hybridized carbons (Fsp3) is 0.393. The van der Waals surface area contributed by atoms with Gasteiger partial charge in [0.2, 0.25) is 0 Å². The van der Waals surface area contributed by atoms with E-state index in [1.165, 1.54) is 11.1 Å². The molecule has 7 nitrogen and oxygen atoms in total. The molecule has 0 radical (unpaired) electrons. The summed E-state index contributed by atoms with van der Waals surface area (Å²) in [7, 11) is 0. The van der Waals surface area contributed by atoms with E-state index in [2.05, 4.69) is 77.8 Å². The lowest BCUT2D eigenvalue weighted by atomic mass is 10.0. The van der Waals surface area contributed by atoms with Crippen molar-refractivity contribution in [3.05, 3.63) is 65.4 Å². The molecule has 2 aromatic carbocycles. The lowest BCUT2D eigenvalue weighted by Crippen LogP contribution is -2.32. The number of anilines is 1. The van der Waals surface area contributed by atoms with Crippen LogP contribution in [-0.2, 0) is 6.42 Å². The molecule has 1 aromatic heterocycles. The molecule has 7 heteroatoms. The molecule has 0 unspecified atom stereocenters. The van der Waals surface area contributed by atoms with Gasteiger partial charge in [-0.2, -0.15) is 5.10 Å². The molecule has 0 saturated heterocycles. The predicted octanol–water partition coefficient (Wildman–Crippen LogP) is 4.87. The normalized spacial score (nSPS) is 13.6. The minimum absolute atomic E-state index is 0.651. The Bertz CT molecular complexity index is 1140. The van der Waals surface area contributed by atoms with E-state index in [9.17, 15) is 0 Å². The van der Waals surface area contributed by atoms with Gasteiger partial charge in [0.05, 0.1) is 17.1 Å². The van der Waals surface area contributed by atoms with Gasteiger partial charge in [-0.1, -0.05) is 72.5 Å². The van der Waals surface area contributed by atoms with Gasteiger partial charge in [-0.25, -0.2) is 15.8 Å². The van der Waals surface area contributed by atoms with E-state index >= 15 is 0 Å². The van der Waals surface area contributed by atoms with Crippen molar-refractivity contribution in [2.24, 2.45) is 16.8 Å². The van der Waals surface area contributed by atoms with Crippen molar-refractivity contribution in [3.63, 3.8) is 0 Å². The fourth-order valence-corrected chi connectivity index (χ4v) is 4.59. The number of hydrogen-bond acceptors (Lipinski definition) is 6. The topological polar surface area (TPSA) is 105 Å². The first-order chi connectivity index (χ1) is 17.1. The number of nitrogens with one attached hydrogen (secondary N) is 1. The lowest BCUT2D eigenvalue weighted by Gasteiger charge is -2.30. The van der Waals surface area contributed by atoms with Crippen LogP contribution in [0.3, 0.4) is 0 Å². The van der Waals surface area contributed by atoms with Gasteiger partial charge in [-0.3, -0.25) is 0 Å². The number of hydrogen-bond donors (Lipinski definition) is 3. The highest BCUT2D eigenvalue weighted by molar-refractivity contribution is 5.81. The van der Waals surface area contributed by atoms with E-state index in [1.807, 2.05) is 0 Å². The van der Waals surface area contributed by atoms with Crippen molar-refractivity contribution in [1.82, 2.24) is 15.4 Å². The van der Waals surface area contributed by atoms with Gasteiger partial charge in [0, 0.05) is 30.6 Å². The molecular weight excluding hydrogens is 434 g/mol. The Hall–Kier alpha value is -3.45. The van der Waals surface area contributed by atoms with Gasteiger partial charge in [0.15, 0.2) is 5.82 Å². The summed E-state index contributed by atoms with van der Waals surface area (Å²) in [5, 5.41) is 3.65. The SMILES string of the molecule is Cc1ccc(-c2nc3c(nc2-c2ccc(C)cc2)N(CCCCCC/C(=N/N)NN)CCC3)cc1. The summed E-state index contributed by atoms with van der Waals surface area (Å²) < 4.78 is 0. The van der Waals surface area contributed by atoms with Crippen LogP contribution in [0.4, 0.5) is 5.82 Å². The number of nitrogens with two attached hydrogens (primary N) is 2. The van der Waals surface area contributed by atoms with Crippen LogP contribution in [0.15, 0.2) is 53.6 Å². The summed E-state index contributed by atoms with van der Waals surface area (Å²) in [5.41, 5.74) is 10.3. The highest BCUT2D eigenvalue weighted by Gasteiger charge is 2.23. The number of aromatic nitrogens is 2. The molecule has 4 rings (SSSR count). The summed E-state index contributed by atoms with van der Waals surface area (Å²) in [5.74, 6) is 12.4. The summed E-state index contributed by atoms with van der Waals surface area (Å²) in [6, 6.07) is 17.2. The lowest BCUT2D eigenvalue weighted by molar-refractivity contribution is 0.601. The monoisotopic (exact) mass is 471 g/mol. The smallest absolute Gasteiger partial charge is 0.151 e. The first-order valence-corrected chi connectivity index (χ1v) is 12.6. The van der Waals surface area contributed by atoms with Crippen molar-refractivity contribution in [3.8, 4) is 22.5 Å². The molecule has 0 bridgehead atoms. The fourth-order valence-electron chi connectivity index (χ4n) is 4.59. The molecule has 0 amide bonds. The number of aryl methyl sites for hydroxylation is 3. The molecule has 2 heterocycles. The second-order valence-electron chi connectivity index (χ2n) is 9.40.